The van der Waals surface area contributed by atoms with Crippen LogP contribution in [0.4, 0.5) is 0 Å². The molecule has 11 rings (SSSR count). The third-order valence-corrected chi connectivity index (χ3v) is 11.3. The lowest BCUT2D eigenvalue weighted by molar-refractivity contribution is 0.669. The third-order valence-electron chi connectivity index (χ3n) is 11.3. The molecule has 0 aliphatic heterocycles. The summed E-state index contributed by atoms with van der Waals surface area (Å²) >= 11 is 0. The zero-order valence-corrected chi connectivity index (χ0v) is 35.1. The van der Waals surface area contributed by atoms with Crippen molar-refractivity contribution in [2.45, 2.75) is 27.7 Å². The molecule has 5 nitrogen and oxygen atoms in total. The predicted molar refractivity (Wildman–Crippen MR) is 262 cm³/mol. The van der Waals surface area contributed by atoms with Gasteiger partial charge in [-0.3, -0.25) is 11.7 Å². The summed E-state index contributed by atoms with van der Waals surface area (Å²) in [6.07, 6.45) is 3.85. The van der Waals surface area contributed by atoms with Crippen molar-refractivity contribution in [3.63, 3.8) is 0 Å². The number of rotatable bonds is 4. The second kappa shape index (κ2) is 17.8. The lowest BCUT2D eigenvalue weighted by atomic mass is 9.99. The van der Waals surface area contributed by atoms with Crippen LogP contribution in [0.15, 0.2) is 211 Å². The normalized spacial score (nSPS) is 11.3. The quantitative estimate of drug-likeness (QED) is 0.106. The van der Waals surface area contributed by atoms with E-state index in [9.17, 15) is 0 Å². The number of benzene rings is 8. The highest BCUT2D eigenvalue weighted by Crippen LogP contribution is 2.42. The molecule has 3 heterocycles. The van der Waals surface area contributed by atoms with E-state index in [1.165, 1.54) is 93.6 Å². The maximum absolute atomic E-state index is 5.94. The third kappa shape index (κ3) is 7.65. The Morgan fingerprint density at radius 2 is 1.03 bits per heavy atom. The largest absolute Gasteiger partial charge is 0.456 e. The second-order valence-electron chi connectivity index (χ2n) is 15.1. The summed E-state index contributed by atoms with van der Waals surface area (Å²) in [6, 6.07) is 64.7. The van der Waals surface area contributed by atoms with E-state index in [1.807, 2.05) is 44.2 Å². The van der Waals surface area contributed by atoms with Crippen LogP contribution in [0.25, 0.3) is 88.1 Å². The minimum atomic E-state index is 0.946. The van der Waals surface area contributed by atoms with Crippen molar-refractivity contribution in [2.75, 3.05) is 0 Å². The summed E-state index contributed by atoms with van der Waals surface area (Å²) in [4.78, 5) is 0. The number of furan rings is 1. The zero-order valence-electron chi connectivity index (χ0n) is 35.1. The molecule has 0 aliphatic carbocycles. The Labute approximate surface area is 357 Å². The SMILES string of the molecule is C=C/C(C)=C\C.Cc1ccc(-c2cccc3oc4ccccc4c23)cc1.Cc1cccc(-n2c3ccccc3c3ccc4c5ccccc5n(-c5ccccc5)c4c32)c1.NN. The number of allylic oxidation sites excluding steroid dienone is 3. The van der Waals surface area contributed by atoms with Crippen LogP contribution < -0.4 is 11.7 Å². The van der Waals surface area contributed by atoms with Gasteiger partial charge in [-0.15, -0.1) is 0 Å². The molecule has 0 saturated heterocycles. The number of hydrogen-bond acceptors (Lipinski definition) is 3. The number of para-hydroxylation sites is 4. The molecule has 0 fully saturated rings. The van der Waals surface area contributed by atoms with Crippen LogP contribution in [0.1, 0.15) is 25.0 Å². The predicted octanol–water partition coefficient (Wildman–Crippen LogP) is 14.7. The summed E-state index contributed by atoms with van der Waals surface area (Å²) in [6.45, 7) is 11.9. The van der Waals surface area contributed by atoms with Crippen LogP contribution in [-0.4, -0.2) is 9.13 Å². The topological polar surface area (TPSA) is 75.0 Å². The van der Waals surface area contributed by atoms with E-state index in [0.717, 1.165) is 11.2 Å². The summed E-state index contributed by atoms with van der Waals surface area (Å²) in [5, 5.41) is 7.49. The van der Waals surface area contributed by atoms with Crippen LogP contribution in [0.2, 0.25) is 0 Å². The summed E-state index contributed by atoms with van der Waals surface area (Å²) in [7, 11) is 0. The molecule has 0 saturated carbocycles. The van der Waals surface area contributed by atoms with Crippen molar-refractivity contribution < 1.29 is 4.42 Å². The highest BCUT2D eigenvalue weighted by atomic mass is 16.3. The number of nitrogens with two attached hydrogens (primary N) is 2. The first kappa shape index (κ1) is 40.3. The van der Waals surface area contributed by atoms with Crippen molar-refractivity contribution in [3.05, 3.63) is 217 Å². The van der Waals surface area contributed by atoms with Crippen LogP contribution in [0.5, 0.6) is 0 Å². The molecule has 61 heavy (non-hydrogen) atoms. The number of hydrazine groups is 1. The van der Waals surface area contributed by atoms with Gasteiger partial charge in [-0.25, -0.2) is 0 Å². The van der Waals surface area contributed by atoms with E-state index in [-0.39, 0.29) is 0 Å². The van der Waals surface area contributed by atoms with E-state index in [4.69, 9.17) is 4.42 Å². The second-order valence-corrected chi connectivity index (χ2v) is 15.1. The molecule has 5 heteroatoms. The maximum Gasteiger partial charge on any atom is 0.136 e. The van der Waals surface area contributed by atoms with Gasteiger partial charge in [0.15, 0.2) is 0 Å². The fourth-order valence-corrected chi connectivity index (χ4v) is 8.25. The molecule has 0 spiro atoms. The summed E-state index contributed by atoms with van der Waals surface area (Å²) in [5.41, 5.74) is 15.4. The smallest absolute Gasteiger partial charge is 0.136 e. The van der Waals surface area contributed by atoms with Crippen molar-refractivity contribution >= 4 is 65.6 Å². The van der Waals surface area contributed by atoms with Crippen molar-refractivity contribution in [1.29, 1.82) is 0 Å². The first-order valence-electron chi connectivity index (χ1n) is 20.6. The molecule has 0 radical (unpaired) electrons. The Balaban J connectivity index is 0.000000156. The summed E-state index contributed by atoms with van der Waals surface area (Å²) in [5.74, 6) is 8.00. The number of nitrogens with zero attached hydrogens (tertiary/aromatic N) is 2. The molecular weight excluding hydrogens is 745 g/mol. The first-order chi connectivity index (χ1) is 29.9. The Hall–Kier alpha value is -7.44. The first-order valence-corrected chi connectivity index (χ1v) is 20.6. The Morgan fingerprint density at radius 3 is 1.62 bits per heavy atom. The highest BCUT2D eigenvalue weighted by molar-refractivity contribution is 6.23. The van der Waals surface area contributed by atoms with Gasteiger partial charge < -0.3 is 13.6 Å². The minimum absolute atomic E-state index is 0.946. The number of fused-ring (bicyclic) bond motifs is 10. The van der Waals surface area contributed by atoms with E-state index >= 15 is 0 Å². The van der Waals surface area contributed by atoms with E-state index in [0.29, 0.717) is 0 Å². The van der Waals surface area contributed by atoms with Gasteiger partial charge in [0.1, 0.15) is 11.2 Å². The van der Waals surface area contributed by atoms with E-state index in [2.05, 4.69) is 205 Å². The van der Waals surface area contributed by atoms with Gasteiger partial charge in [0, 0.05) is 43.7 Å². The van der Waals surface area contributed by atoms with Gasteiger partial charge in [-0.2, -0.15) is 0 Å². The van der Waals surface area contributed by atoms with Crippen LogP contribution in [0.3, 0.4) is 0 Å². The summed E-state index contributed by atoms with van der Waals surface area (Å²) < 4.78 is 10.8. The van der Waals surface area contributed by atoms with Gasteiger partial charge in [-0.1, -0.05) is 163 Å². The highest BCUT2D eigenvalue weighted by Gasteiger charge is 2.21. The average Bonchev–Trinajstić information content (AvgIpc) is 3.98. The molecule has 0 aliphatic rings. The molecule has 0 amide bonds. The fourth-order valence-electron chi connectivity index (χ4n) is 8.25. The van der Waals surface area contributed by atoms with Gasteiger partial charge in [-0.05, 0) is 92.9 Å². The zero-order chi connectivity index (χ0) is 42.5. The van der Waals surface area contributed by atoms with Crippen molar-refractivity contribution in [3.8, 4) is 22.5 Å². The molecule has 0 unspecified atom stereocenters. The number of hydrogen-bond donors (Lipinski definition) is 2. The number of aryl methyl sites for hydroxylation is 2. The molecular formula is C56H50N4O. The number of aromatic nitrogens is 2. The molecule has 0 atom stereocenters. The molecule has 300 valence electrons. The van der Waals surface area contributed by atoms with Crippen LogP contribution in [0, 0.1) is 13.8 Å². The molecule has 11 aromatic rings. The Morgan fingerprint density at radius 1 is 0.508 bits per heavy atom. The van der Waals surface area contributed by atoms with Crippen LogP contribution in [-0.2, 0) is 0 Å². The molecule has 0 bridgehead atoms. The monoisotopic (exact) mass is 794 g/mol. The van der Waals surface area contributed by atoms with Crippen molar-refractivity contribution in [2.24, 2.45) is 11.7 Å². The Bertz CT molecular complexity index is 3330. The lowest BCUT2D eigenvalue weighted by Gasteiger charge is -2.12. The molecule has 4 N–H and O–H groups in total. The average molecular weight is 795 g/mol. The van der Waals surface area contributed by atoms with Gasteiger partial charge in [0.25, 0.3) is 0 Å². The van der Waals surface area contributed by atoms with Gasteiger partial charge >= 0.3 is 0 Å². The molecule has 8 aromatic carbocycles. The lowest BCUT2D eigenvalue weighted by Crippen LogP contribution is -2.02. The standard InChI is InChI=1S/C31H22N2.C19H14O.C6H10.H4N2/c1-21-10-9-13-23(20-21)33-29-17-8-6-15-25(29)27-19-18-26-24-14-5-7-16-28(24)32(30(26)31(27)33)22-11-3-2-4-12-22;1-13-9-11-14(12-10-13)15-6-4-8-18-19(15)16-5-2-3-7-17(16)20-18;1-4-6(3)5-2;1-2/h2-20H,1H3;2-12H,1H3;4-5H,1H2,2-3H3;1-2H2/b;;6-5-;. The fraction of sp³-hybridized carbons (Fsp3) is 0.0714. The van der Waals surface area contributed by atoms with Crippen LogP contribution >= 0.6 is 0 Å². The van der Waals surface area contributed by atoms with Gasteiger partial charge in [0.05, 0.1) is 22.1 Å². The van der Waals surface area contributed by atoms with E-state index in [1.54, 1.807) is 0 Å². The van der Waals surface area contributed by atoms with Gasteiger partial charge in [0.2, 0.25) is 0 Å². The molecule has 3 aromatic heterocycles. The van der Waals surface area contributed by atoms with Crippen molar-refractivity contribution in [1.82, 2.24) is 9.13 Å². The minimum Gasteiger partial charge on any atom is -0.456 e. The van der Waals surface area contributed by atoms with E-state index < -0.39 is 0 Å². The Kier molecular flexibility index (Phi) is 11.8. The maximum atomic E-state index is 5.94.